The highest BCUT2D eigenvalue weighted by atomic mass is 32.2. The van der Waals surface area contributed by atoms with E-state index in [-0.39, 0.29) is 155 Å². The molecule has 4 heterocycles. The number of carbonyl (C=O) groups excluding carboxylic acids is 13. The van der Waals surface area contributed by atoms with Crippen LogP contribution in [0, 0.1) is 23.7 Å². The molecule has 5 fully saturated rings. The lowest BCUT2D eigenvalue weighted by atomic mass is 9.72. The Balaban J connectivity index is 0.000000228. The van der Waals surface area contributed by atoms with Gasteiger partial charge in [0, 0.05) is 122 Å². The maximum atomic E-state index is 14.0. The number of imide groups is 2. The quantitative estimate of drug-likeness (QED) is 0.0280. The van der Waals surface area contributed by atoms with E-state index in [9.17, 15) is 113 Å². The molecule has 119 heavy (non-hydrogen) atoms. The first-order chi connectivity index (χ1) is 56.2. The molecule has 13 atom stereocenters. The predicted octanol–water partition coefficient (Wildman–Crippen LogP) is 2.64. The lowest BCUT2D eigenvalue weighted by Gasteiger charge is -2.43. The number of rotatable bonds is 21. The second kappa shape index (κ2) is 36.8. The highest BCUT2D eigenvalue weighted by molar-refractivity contribution is 8.01. The summed E-state index contributed by atoms with van der Waals surface area (Å²) in [7, 11) is 4.11. The number of aliphatic hydroxyl groups excluding tert-OH is 4. The SMILES string of the molecule is C.CNC(=O)CSC1CC(=O)N(CC2CCC(C(=O)NC3CC(O[C@H]4C[C@](O)(C(=O)CO)Cc5c(O)c6c(c(O)c54)C(=O)c4c(OC)cccc4C6=O)OC(C)C3O)CC2)C1=O.COc1cccc2c1C(=O)c1c(O)c3c(c(O)c1C2=O)C[C@@](O)(C(=O)CO)C[C@@H]3OC1CC(NC(=O)C2CCC(CN3C(=O)C=CC3=O)CC2)C(O)C(C)O1.CS. The van der Waals surface area contributed by atoms with Gasteiger partial charge in [-0.15, -0.1) is 11.8 Å². The Morgan fingerprint density at radius 3 is 1.33 bits per heavy atom. The van der Waals surface area contributed by atoms with Crippen LogP contribution in [0.1, 0.15) is 203 Å². The Morgan fingerprint density at radius 1 is 0.563 bits per heavy atom. The average molecular weight is 1690 g/mol. The Morgan fingerprint density at radius 2 is 0.950 bits per heavy atom. The van der Waals surface area contributed by atoms with Gasteiger partial charge in [0.05, 0.1) is 95.1 Å². The van der Waals surface area contributed by atoms with Crippen molar-refractivity contribution < 1.29 is 142 Å². The number of ether oxygens (including phenoxy) is 6. The van der Waals surface area contributed by atoms with Gasteiger partial charge in [-0.05, 0) is 95.4 Å². The molecule has 13 N–H and O–H groups in total. The molecule has 642 valence electrons. The van der Waals surface area contributed by atoms with Crippen LogP contribution >= 0.6 is 24.4 Å². The van der Waals surface area contributed by atoms with Gasteiger partial charge in [0.25, 0.3) is 11.8 Å². The van der Waals surface area contributed by atoms with E-state index in [2.05, 4.69) is 28.6 Å². The number of Topliss-reactive ketones (excluding diaryl/α,β-unsaturated/α-hetero) is 2. The Kier molecular flexibility index (Phi) is 27.9. The molecule has 4 aliphatic heterocycles. The summed E-state index contributed by atoms with van der Waals surface area (Å²) < 4.78 is 35.1. The van der Waals surface area contributed by atoms with Crippen LogP contribution in [-0.4, -0.2) is 262 Å². The monoisotopic (exact) mass is 1690 g/mol. The van der Waals surface area contributed by atoms with E-state index in [1.54, 1.807) is 20.1 Å². The maximum absolute atomic E-state index is 14.0. The van der Waals surface area contributed by atoms with Gasteiger partial charge in [0.15, 0.2) is 35.7 Å². The van der Waals surface area contributed by atoms with Crippen molar-refractivity contribution in [1.82, 2.24) is 25.8 Å². The number of ketones is 6. The van der Waals surface area contributed by atoms with Crippen molar-refractivity contribution in [3.05, 3.63) is 115 Å². The third-order valence-electron chi connectivity index (χ3n) is 24.3. The van der Waals surface area contributed by atoms with Crippen molar-refractivity contribution in [3.63, 3.8) is 0 Å². The predicted molar refractivity (Wildman–Crippen MR) is 421 cm³/mol. The molecule has 34 nitrogen and oxygen atoms in total. The number of phenolic OH excluding ortho intramolecular Hbond substituents is 4. The molecule has 0 aromatic heterocycles. The van der Waals surface area contributed by atoms with Crippen molar-refractivity contribution in [1.29, 1.82) is 0 Å². The minimum absolute atomic E-state index is 0. The van der Waals surface area contributed by atoms with Gasteiger partial charge in [-0.1, -0.05) is 31.7 Å². The Labute approximate surface area is 693 Å². The third kappa shape index (κ3) is 17.3. The van der Waals surface area contributed by atoms with Crippen LogP contribution in [0.25, 0.3) is 0 Å². The smallest absolute Gasteiger partial charge is 0.253 e. The first-order valence-electron chi connectivity index (χ1n) is 38.9. The van der Waals surface area contributed by atoms with Crippen LogP contribution in [0.4, 0.5) is 0 Å². The molecule has 0 spiro atoms. The first-order valence-corrected chi connectivity index (χ1v) is 40.8. The number of amides is 7. The highest BCUT2D eigenvalue weighted by Gasteiger charge is 2.54. The highest BCUT2D eigenvalue weighted by Crippen LogP contribution is 2.55. The van der Waals surface area contributed by atoms with E-state index in [4.69, 9.17) is 28.4 Å². The van der Waals surface area contributed by atoms with Gasteiger partial charge in [-0.3, -0.25) is 72.1 Å². The van der Waals surface area contributed by atoms with Crippen LogP contribution in [0.3, 0.4) is 0 Å². The zero-order valence-corrected chi connectivity index (χ0v) is 67.1. The second-order valence-electron chi connectivity index (χ2n) is 31.3. The van der Waals surface area contributed by atoms with Crippen LogP contribution in [0.5, 0.6) is 34.5 Å². The minimum atomic E-state index is -2.36. The molecule has 2 saturated carbocycles. The molecule has 36 heteroatoms. The number of thiol groups is 1. The fourth-order valence-corrected chi connectivity index (χ4v) is 18.9. The summed E-state index contributed by atoms with van der Waals surface area (Å²) in [5.74, 6) is -11.1. The summed E-state index contributed by atoms with van der Waals surface area (Å²) >= 11 is 4.66. The van der Waals surface area contributed by atoms with Gasteiger partial charge in [-0.25, -0.2) is 0 Å². The van der Waals surface area contributed by atoms with E-state index in [1.165, 1.54) is 79.6 Å². The standard InChI is InChI=1S/C42H49N3O15S.C39H42N2O14.CH4S.CH4/c1-18-35(50)23(44-40(55)20-9-7-19(8-10-20)15-45-29(49)12-26(41(45)56)61-17-28(48)43-2)11-30(59-18)60-25-14-42(57,27(47)16-46)13-22-32(25)39(54)34-33(37(22)52)36(51)21-5-4-6-24(58-3)31(21)38(34)53;1-17-33(46)22(40-38(51)19-8-6-18(7-9-19)15-41-26(44)10-11-27(41)45)12-28(54-17)55-24-14-39(52,25(43)16-42)13-21-30(24)37(50)32-31(35(21)48)34(47)20-4-3-5-23(53-2)29(20)36(32)49;1-2;/h4-6,18-20,23,25-26,30,35,46,50,52,54,57H,7-17H2,1-3H3,(H,43,48)(H,44,55);3-5,10-11,17-19,22,24,28,33,42,46,48,50,52H,6-9,12-16H2,1-2H3,(H,40,51);2H,1H3;1H4/t18?,19?,20?,23?,25-,26?,30?,35?,42-;17?,18?,19?,22?,24-,28?,33?,39-;;/m00../s1. The van der Waals surface area contributed by atoms with Crippen LogP contribution in [0.15, 0.2) is 48.6 Å². The van der Waals surface area contributed by atoms with Crippen LogP contribution in [0.2, 0.25) is 0 Å². The van der Waals surface area contributed by atoms with E-state index >= 15 is 0 Å². The molecule has 14 rings (SSSR count). The molecule has 9 unspecified atom stereocenters. The zero-order valence-electron chi connectivity index (χ0n) is 65.4. The molecule has 7 amide bonds. The van der Waals surface area contributed by atoms with E-state index < -0.39 is 208 Å². The average Bonchev–Trinajstić information content (AvgIpc) is 1.28. The van der Waals surface area contributed by atoms with Crippen molar-refractivity contribution in [2.75, 3.05) is 59.6 Å². The number of aliphatic hydroxyl groups is 6. The lowest BCUT2D eigenvalue weighted by molar-refractivity contribution is -0.249. The number of carbonyl (C=O) groups is 13. The fourth-order valence-electron chi connectivity index (χ4n) is 17.9. The van der Waals surface area contributed by atoms with Gasteiger partial charge in [0.1, 0.15) is 71.1 Å². The zero-order chi connectivity index (χ0) is 85.6. The molecular weight excluding hydrogens is 1600 g/mol. The molecular formula is C83H99N5O29S2. The van der Waals surface area contributed by atoms with Gasteiger partial charge in [-0.2, -0.15) is 12.6 Å². The number of thioether (sulfide) groups is 1. The number of hydrogen-bond acceptors (Lipinski definition) is 31. The van der Waals surface area contributed by atoms with Crippen LogP contribution in [-0.2, 0) is 74.9 Å². The summed E-state index contributed by atoms with van der Waals surface area (Å²) in [4.78, 5) is 172. The van der Waals surface area contributed by atoms with E-state index in [0.717, 1.165) is 11.8 Å². The van der Waals surface area contributed by atoms with Crippen LogP contribution < -0.4 is 25.4 Å². The minimum Gasteiger partial charge on any atom is -0.507 e. The van der Waals surface area contributed by atoms with E-state index in [1.807, 2.05) is 0 Å². The molecule has 0 radical (unpaired) electrons. The van der Waals surface area contributed by atoms with Crippen molar-refractivity contribution in [2.45, 2.75) is 195 Å². The number of methoxy groups -OCH3 is 2. The number of hydrogen-bond donors (Lipinski definition) is 14. The number of fused-ring (bicyclic) bond motifs is 6. The molecule has 10 aliphatic rings. The number of phenols is 4. The number of benzene rings is 4. The summed E-state index contributed by atoms with van der Waals surface area (Å²) in [6, 6.07) is 6.81. The molecule has 6 aliphatic carbocycles. The van der Waals surface area contributed by atoms with Crippen molar-refractivity contribution >= 4 is 100 Å². The fraction of sp³-hybridized carbons (Fsp3) is 0.530. The maximum Gasteiger partial charge on any atom is 0.253 e. The number of likely N-dealkylation sites (tertiary alicyclic amines) is 1. The summed E-state index contributed by atoms with van der Waals surface area (Å²) in [6.45, 7) is 1.43. The Hall–Kier alpha value is -9.57. The number of nitrogens with one attached hydrogen (secondary N) is 3. The third-order valence-corrected chi connectivity index (χ3v) is 25.5. The number of aromatic hydroxyl groups is 4. The second-order valence-corrected chi connectivity index (χ2v) is 32.5. The van der Waals surface area contributed by atoms with E-state index in [0.29, 0.717) is 51.4 Å². The van der Waals surface area contributed by atoms with Gasteiger partial charge < -0.3 is 95.4 Å². The largest absolute Gasteiger partial charge is 0.507 e. The summed E-state index contributed by atoms with van der Waals surface area (Å²) in [5.41, 5.74) is -8.14. The summed E-state index contributed by atoms with van der Waals surface area (Å²) in [6.07, 6.45) is -3.90. The molecule has 3 saturated heterocycles. The topological polar surface area (TPSA) is 522 Å². The normalized spacial score (nSPS) is 29.2. The van der Waals surface area contributed by atoms with Gasteiger partial charge in [0.2, 0.25) is 41.1 Å². The number of nitrogens with zero attached hydrogens (tertiary/aromatic N) is 2. The lowest BCUT2D eigenvalue weighted by Crippen LogP contribution is -2.56. The van der Waals surface area contributed by atoms with Gasteiger partial charge >= 0.3 is 0 Å². The molecule has 0 bridgehead atoms. The molecule has 4 aromatic rings. The summed E-state index contributed by atoms with van der Waals surface area (Å²) in [5, 5.41) is 119. The van der Waals surface area contributed by atoms with Crippen molar-refractivity contribution in [2.24, 2.45) is 23.7 Å². The Bertz CT molecular complexity index is 4770. The molecule has 4 aromatic carbocycles. The first kappa shape index (κ1) is 90.2. The van der Waals surface area contributed by atoms with Crippen molar-refractivity contribution in [3.8, 4) is 34.5 Å².